The smallest absolute Gasteiger partial charge is 0.241 e. The van der Waals surface area contributed by atoms with Gasteiger partial charge >= 0.3 is 0 Å². The second-order valence-corrected chi connectivity index (χ2v) is 8.88. The largest absolute Gasteiger partial charge is 0.321 e. The molecule has 0 radical (unpaired) electrons. The van der Waals surface area contributed by atoms with Gasteiger partial charge in [-0.25, -0.2) is 0 Å². The third kappa shape index (κ3) is 1.99. The van der Waals surface area contributed by atoms with E-state index in [4.69, 9.17) is 0 Å². The first-order chi connectivity index (χ1) is 9.72. The van der Waals surface area contributed by atoms with Gasteiger partial charge in [-0.1, -0.05) is 41.5 Å². The van der Waals surface area contributed by atoms with E-state index >= 15 is 0 Å². The first-order valence-corrected chi connectivity index (χ1v) is 8.80. The summed E-state index contributed by atoms with van der Waals surface area (Å²) in [6, 6.07) is 0.420. The van der Waals surface area contributed by atoms with E-state index in [2.05, 4.69) is 51.8 Å². The maximum atomic E-state index is 13.0. The van der Waals surface area contributed by atoms with Crippen LogP contribution in [0.25, 0.3) is 0 Å². The highest BCUT2D eigenvalue weighted by Gasteiger charge is 2.64. The minimum atomic E-state index is 0.0240. The van der Waals surface area contributed by atoms with Crippen LogP contribution in [0.2, 0.25) is 0 Å². The van der Waals surface area contributed by atoms with E-state index in [-0.39, 0.29) is 17.6 Å². The molecule has 1 heterocycles. The topological polar surface area (TPSA) is 32.3 Å². The Kier molecular flexibility index (Phi) is 3.44. The summed E-state index contributed by atoms with van der Waals surface area (Å²) < 4.78 is 0. The molecule has 2 saturated carbocycles. The van der Waals surface area contributed by atoms with Gasteiger partial charge in [-0.05, 0) is 48.3 Å². The number of amides is 1. The Morgan fingerprint density at radius 2 is 2.00 bits per heavy atom. The van der Waals surface area contributed by atoms with E-state index in [0.29, 0.717) is 23.3 Å². The quantitative estimate of drug-likeness (QED) is 0.864. The molecule has 5 atom stereocenters. The van der Waals surface area contributed by atoms with Crippen LogP contribution >= 0.6 is 0 Å². The molecule has 3 heteroatoms. The maximum Gasteiger partial charge on any atom is 0.241 e. The van der Waals surface area contributed by atoms with Gasteiger partial charge in [0, 0.05) is 6.04 Å². The Bertz CT molecular complexity index is 440. The van der Waals surface area contributed by atoms with Crippen molar-refractivity contribution in [3.63, 3.8) is 0 Å². The summed E-state index contributed by atoms with van der Waals surface area (Å²) in [5.41, 5.74) is 0.571. The van der Waals surface area contributed by atoms with Crippen LogP contribution in [-0.4, -0.2) is 29.1 Å². The fraction of sp³-hybridized carbons (Fsp3) is 0.944. The molecule has 3 aliphatic rings. The summed E-state index contributed by atoms with van der Waals surface area (Å²) in [6.45, 7) is 13.8. The van der Waals surface area contributed by atoms with Gasteiger partial charge < -0.3 is 4.90 Å². The van der Waals surface area contributed by atoms with E-state index in [1.54, 1.807) is 0 Å². The lowest BCUT2D eigenvalue weighted by Crippen LogP contribution is -2.58. The summed E-state index contributed by atoms with van der Waals surface area (Å²) in [4.78, 5) is 15.3. The van der Waals surface area contributed by atoms with Gasteiger partial charge in [-0.2, -0.15) is 0 Å². The van der Waals surface area contributed by atoms with Crippen molar-refractivity contribution in [1.82, 2.24) is 10.2 Å². The molecular formula is C18H32N2O. The second kappa shape index (κ2) is 4.71. The predicted octanol–water partition coefficient (Wildman–Crippen LogP) is 3.39. The molecule has 0 aromatic heterocycles. The van der Waals surface area contributed by atoms with Crippen LogP contribution in [0, 0.1) is 22.7 Å². The van der Waals surface area contributed by atoms with Crippen LogP contribution in [0.15, 0.2) is 0 Å². The number of carbonyl (C=O) groups excluding carboxylic acids is 1. The van der Waals surface area contributed by atoms with Crippen molar-refractivity contribution in [3.05, 3.63) is 0 Å². The highest BCUT2D eigenvalue weighted by atomic mass is 16.2. The maximum absolute atomic E-state index is 13.0. The SMILES string of the molecule is CCC1NC(C(C)C)N(C2C3(C)CCC(C3)C2(C)C)C1=O. The van der Waals surface area contributed by atoms with Crippen LogP contribution in [0.3, 0.4) is 0 Å². The molecule has 0 aromatic rings. The molecule has 5 unspecified atom stereocenters. The van der Waals surface area contributed by atoms with Crippen LogP contribution in [-0.2, 0) is 4.79 Å². The van der Waals surface area contributed by atoms with Gasteiger partial charge in [0.1, 0.15) is 0 Å². The van der Waals surface area contributed by atoms with Crippen molar-refractivity contribution in [3.8, 4) is 0 Å². The minimum Gasteiger partial charge on any atom is -0.321 e. The molecule has 3 nitrogen and oxygen atoms in total. The van der Waals surface area contributed by atoms with E-state index in [1.165, 1.54) is 19.3 Å². The monoisotopic (exact) mass is 292 g/mol. The van der Waals surface area contributed by atoms with Crippen molar-refractivity contribution < 1.29 is 4.79 Å². The zero-order chi connectivity index (χ0) is 15.6. The first kappa shape index (κ1) is 15.3. The molecule has 2 bridgehead atoms. The molecule has 1 aliphatic heterocycles. The van der Waals surface area contributed by atoms with Gasteiger partial charge in [0.2, 0.25) is 5.91 Å². The molecule has 2 aliphatic carbocycles. The molecule has 1 N–H and O–H groups in total. The molecule has 0 spiro atoms. The molecule has 3 rings (SSSR count). The molecule has 1 saturated heterocycles. The Morgan fingerprint density at radius 1 is 1.33 bits per heavy atom. The van der Waals surface area contributed by atoms with Crippen LogP contribution in [0.1, 0.15) is 67.2 Å². The van der Waals surface area contributed by atoms with Gasteiger partial charge in [0.05, 0.1) is 12.2 Å². The van der Waals surface area contributed by atoms with Crippen LogP contribution in [0.5, 0.6) is 0 Å². The third-order valence-corrected chi connectivity index (χ3v) is 6.74. The van der Waals surface area contributed by atoms with E-state index < -0.39 is 0 Å². The molecule has 21 heavy (non-hydrogen) atoms. The van der Waals surface area contributed by atoms with Crippen LogP contribution in [0.4, 0.5) is 0 Å². The Hall–Kier alpha value is -0.570. The van der Waals surface area contributed by atoms with Crippen LogP contribution < -0.4 is 5.32 Å². The van der Waals surface area contributed by atoms with Gasteiger partial charge in [-0.15, -0.1) is 0 Å². The highest BCUT2D eigenvalue weighted by molar-refractivity contribution is 5.85. The number of rotatable bonds is 3. The van der Waals surface area contributed by atoms with Crippen molar-refractivity contribution in [2.24, 2.45) is 22.7 Å². The Balaban J connectivity index is 1.99. The fourth-order valence-corrected chi connectivity index (χ4v) is 5.74. The lowest BCUT2D eigenvalue weighted by Gasteiger charge is -2.50. The Labute approximate surface area is 129 Å². The molecule has 3 fully saturated rings. The number of hydrogen-bond acceptors (Lipinski definition) is 2. The third-order valence-electron chi connectivity index (χ3n) is 6.74. The van der Waals surface area contributed by atoms with E-state index in [0.717, 1.165) is 12.3 Å². The molecule has 120 valence electrons. The number of fused-ring (bicyclic) bond motifs is 2. The summed E-state index contributed by atoms with van der Waals surface area (Å²) >= 11 is 0. The average molecular weight is 292 g/mol. The predicted molar refractivity (Wildman–Crippen MR) is 85.7 cm³/mol. The summed E-state index contributed by atoms with van der Waals surface area (Å²) in [5, 5.41) is 3.61. The standard InChI is InChI=1S/C18H32N2O/c1-7-13-15(21)20(14(19-13)11(2)3)16-17(4,5)12-8-9-18(16,6)10-12/h11-14,16,19H,7-10H2,1-6H3. The number of nitrogens with zero attached hydrogens (tertiary/aromatic N) is 1. The van der Waals surface area contributed by atoms with Crippen molar-refractivity contribution in [2.45, 2.75) is 85.5 Å². The van der Waals surface area contributed by atoms with Crippen molar-refractivity contribution >= 4 is 5.91 Å². The molecule has 1 amide bonds. The Morgan fingerprint density at radius 3 is 2.48 bits per heavy atom. The second-order valence-electron chi connectivity index (χ2n) is 8.88. The molecular weight excluding hydrogens is 260 g/mol. The van der Waals surface area contributed by atoms with E-state index in [9.17, 15) is 4.79 Å². The van der Waals surface area contributed by atoms with Crippen molar-refractivity contribution in [2.75, 3.05) is 0 Å². The minimum absolute atomic E-state index is 0.0240. The lowest BCUT2D eigenvalue weighted by atomic mass is 9.67. The number of carbonyl (C=O) groups is 1. The zero-order valence-electron chi connectivity index (χ0n) is 14.6. The fourth-order valence-electron chi connectivity index (χ4n) is 5.74. The number of nitrogens with one attached hydrogen (secondary N) is 1. The summed E-state index contributed by atoms with van der Waals surface area (Å²) in [7, 11) is 0. The van der Waals surface area contributed by atoms with Gasteiger partial charge in [0.15, 0.2) is 0 Å². The van der Waals surface area contributed by atoms with Crippen molar-refractivity contribution in [1.29, 1.82) is 0 Å². The molecule has 0 aromatic carbocycles. The highest BCUT2D eigenvalue weighted by Crippen LogP contribution is 2.64. The zero-order valence-corrected chi connectivity index (χ0v) is 14.6. The first-order valence-electron chi connectivity index (χ1n) is 8.80. The lowest BCUT2D eigenvalue weighted by molar-refractivity contribution is -0.140. The van der Waals surface area contributed by atoms with E-state index in [1.807, 2.05) is 0 Å². The average Bonchev–Trinajstić information content (AvgIpc) is 2.98. The summed E-state index contributed by atoms with van der Waals surface area (Å²) in [6.07, 6.45) is 5.04. The van der Waals surface area contributed by atoms with Gasteiger partial charge in [-0.3, -0.25) is 10.1 Å². The van der Waals surface area contributed by atoms with Gasteiger partial charge in [0.25, 0.3) is 0 Å². The summed E-state index contributed by atoms with van der Waals surface area (Å²) in [5.74, 6) is 1.60. The number of hydrogen-bond donors (Lipinski definition) is 1. The normalized spacial score (nSPS) is 45.1.